The van der Waals surface area contributed by atoms with E-state index in [2.05, 4.69) is 0 Å². The van der Waals surface area contributed by atoms with Crippen molar-refractivity contribution in [2.45, 2.75) is 37.8 Å². The van der Waals surface area contributed by atoms with Crippen LogP contribution in [0.25, 0.3) is 0 Å². The van der Waals surface area contributed by atoms with Crippen LogP contribution in [0.4, 0.5) is 0 Å². The fraction of sp³-hybridized carbons (Fsp3) is 0.500. The van der Waals surface area contributed by atoms with Crippen molar-refractivity contribution >= 4 is 11.8 Å². The van der Waals surface area contributed by atoms with Gasteiger partial charge in [-0.2, -0.15) is 0 Å². The molecule has 1 saturated heterocycles. The lowest BCUT2D eigenvalue weighted by atomic mass is 9.85. The normalized spacial score (nSPS) is 28.1. The van der Waals surface area contributed by atoms with Crippen LogP contribution >= 0.6 is 0 Å². The standard InChI is InChI=1S/C16H20O6/c1-11-16(19,9-8-14(20-2)22-11)13(17)10-21-15(18)12-6-4-3-5-7-12/h3-7,11,14,19H,8-10H2,1-2H3/t11-,14-,16-/m0/s1. The maximum Gasteiger partial charge on any atom is 0.338 e. The summed E-state index contributed by atoms with van der Waals surface area (Å²) >= 11 is 0. The minimum atomic E-state index is -1.66. The first-order valence-electron chi connectivity index (χ1n) is 7.13. The zero-order valence-corrected chi connectivity index (χ0v) is 12.7. The molecule has 0 bridgehead atoms. The highest BCUT2D eigenvalue weighted by Gasteiger charge is 2.46. The van der Waals surface area contributed by atoms with Gasteiger partial charge in [0.25, 0.3) is 0 Å². The Labute approximate surface area is 129 Å². The zero-order valence-electron chi connectivity index (χ0n) is 12.7. The predicted octanol–water partition coefficient (Wildman–Crippen LogP) is 1.31. The Hall–Kier alpha value is -1.76. The van der Waals surface area contributed by atoms with Gasteiger partial charge in [0, 0.05) is 13.5 Å². The highest BCUT2D eigenvalue weighted by molar-refractivity contribution is 5.94. The van der Waals surface area contributed by atoms with Crippen LogP contribution in [-0.4, -0.2) is 48.6 Å². The summed E-state index contributed by atoms with van der Waals surface area (Å²) < 4.78 is 15.5. The van der Waals surface area contributed by atoms with Crippen molar-refractivity contribution in [3.8, 4) is 0 Å². The second kappa shape index (κ2) is 7.00. The summed E-state index contributed by atoms with van der Waals surface area (Å²) in [5, 5.41) is 10.5. The fourth-order valence-corrected chi connectivity index (χ4v) is 2.40. The number of rotatable bonds is 5. The van der Waals surface area contributed by atoms with E-state index in [4.69, 9.17) is 14.2 Å². The second-order valence-corrected chi connectivity index (χ2v) is 5.27. The summed E-state index contributed by atoms with van der Waals surface area (Å²) in [5.41, 5.74) is -1.30. The van der Waals surface area contributed by atoms with Crippen LogP contribution in [-0.2, 0) is 19.0 Å². The predicted molar refractivity (Wildman–Crippen MR) is 77.3 cm³/mol. The number of Topliss-reactive ketones (excluding diaryl/α,β-unsaturated/α-hetero) is 1. The highest BCUT2D eigenvalue weighted by Crippen LogP contribution is 2.30. The molecular weight excluding hydrogens is 288 g/mol. The third-order valence-corrected chi connectivity index (χ3v) is 3.88. The number of aliphatic hydroxyl groups is 1. The van der Waals surface area contributed by atoms with Gasteiger partial charge in [-0.15, -0.1) is 0 Å². The molecule has 6 heteroatoms. The average molecular weight is 308 g/mol. The third kappa shape index (κ3) is 3.52. The lowest BCUT2D eigenvalue weighted by Gasteiger charge is -2.39. The molecule has 0 spiro atoms. The van der Waals surface area contributed by atoms with Crippen LogP contribution in [0.3, 0.4) is 0 Å². The van der Waals surface area contributed by atoms with Crippen molar-refractivity contribution < 1.29 is 28.9 Å². The molecule has 6 nitrogen and oxygen atoms in total. The van der Waals surface area contributed by atoms with Crippen LogP contribution < -0.4 is 0 Å². The first kappa shape index (κ1) is 16.6. The molecule has 0 aliphatic carbocycles. The summed E-state index contributed by atoms with van der Waals surface area (Å²) in [6, 6.07) is 8.37. The van der Waals surface area contributed by atoms with Crippen LogP contribution in [0.2, 0.25) is 0 Å². The molecule has 0 radical (unpaired) electrons. The largest absolute Gasteiger partial charge is 0.454 e. The third-order valence-electron chi connectivity index (χ3n) is 3.88. The van der Waals surface area contributed by atoms with E-state index in [9.17, 15) is 14.7 Å². The fourth-order valence-electron chi connectivity index (χ4n) is 2.40. The molecule has 1 aromatic rings. The van der Waals surface area contributed by atoms with E-state index in [1.165, 1.54) is 7.11 Å². The molecule has 1 N–H and O–H groups in total. The van der Waals surface area contributed by atoms with E-state index in [-0.39, 0.29) is 6.42 Å². The molecular formula is C16H20O6. The number of ketones is 1. The van der Waals surface area contributed by atoms with E-state index < -0.39 is 36.4 Å². The van der Waals surface area contributed by atoms with Gasteiger partial charge in [-0.1, -0.05) is 18.2 Å². The van der Waals surface area contributed by atoms with Gasteiger partial charge in [-0.25, -0.2) is 4.79 Å². The van der Waals surface area contributed by atoms with E-state index in [1.54, 1.807) is 37.3 Å². The van der Waals surface area contributed by atoms with Crippen molar-refractivity contribution in [1.82, 2.24) is 0 Å². The lowest BCUT2D eigenvalue weighted by molar-refractivity contribution is -0.235. The monoisotopic (exact) mass is 308 g/mol. The molecule has 0 unspecified atom stereocenters. The number of methoxy groups -OCH3 is 1. The van der Waals surface area contributed by atoms with E-state index in [0.29, 0.717) is 12.0 Å². The molecule has 22 heavy (non-hydrogen) atoms. The SMILES string of the molecule is CO[C@@H]1CC[C@@](O)(C(=O)COC(=O)c2ccccc2)[C@H](C)O1. The Bertz CT molecular complexity index is 529. The first-order valence-corrected chi connectivity index (χ1v) is 7.13. The smallest absolute Gasteiger partial charge is 0.338 e. The summed E-state index contributed by atoms with van der Waals surface area (Å²) in [4.78, 5) is 24.0. The number of hydrogen-bond donors (Lipinski definition) is 1. The van der Waals surface area contributed by atoms with Crippen LogP contribution in [0.5, 0.6) is 0 Å². The molecule has 0 amide bonds. The van der Waals surface area contributed by atoms with Crippen molar-refractivity contribution in [2.75, 3.05) is 13.7 Å². The summed E-state index contributed by atoms with van der Waals surface area (Å²) in [5.74, 6) is -1.17. The Morgan fingerprint density at radius 2 is 2.05 bits per heavy atom. The molecule has 3 atom stereocenters. The summed E-state index contributed by atoms with van der Waals surface area (Å²) in [6.07, 6.45) is -0.562. The van der Waals surface area contributed by atoms with Crippen molar-refractivity contribution in [3.05, 3.63) is 35.9 Å². The minimum Gasteiger partial charge on any atom is -0.454 e. The minimum absolute atomic E-state index is 0.203. The Kier molecular flexibility index (Phi) is 5.28. The quantitative estimate of drug-likeness (QED) is 0.826. The van der Waals surface area contributed by atoms with Crippen molar-refractivity contribution in [2.24, 2.45) is 0 Å². The van der Waals surface area contributed by atoms with Crippen LogP contribution in [0, 0.1) is 0 Å². The van der Waals surface area contributed by atoms with Gasteiger partial charge in [-0.05, 0) is 25.5 Å². The van der Waals surface area contributed by atoms with E-state index >= 15 is 0 Å². The number of carbonyl (C=O) groups is 2. The van der Waals surface area contributed by atoms with Gasteiger partial charge in [0.15, 0.2) is 18.5 Å². The number of carbonyl (C=O) groups excluding carboxylic acids is 2. The molecule has 1 aliphatic rings. The zero-order chi connectivity index (χ0) is 16.2. The maximum absolute atomic E-state index is 12.2. The first-order chi connectivity index (χ1) is 10.5. The van der Waals surface area contributed by atoms with Gasteiger partial charge in [0.05, 0.1) is 11.7 Å². The Balaban J connectivity index is 1.93. The number of benzene rings is 1. The van der Waals surface area contributed by atoms with Crippen molar-refractivity contribution in [3.63, 3.8) is 0 Å². The molecule has 0 saturated carbocycles. The van der Waals surface area contributed by atoms with Gasteiger partial charge >= 0.3 is 5.97 Å². The van der Waals surface area contributed by atoms with Gasteiger partial charge in [0.2, 0.25) is 5.78 Å². The van der Waals surface area contributed by atoms with Crippen LogP contribution in [0.15, 0.2) is 30.3 Å². The molecule has 1 aliphatic heterocycles. The van der Waals surface area contributed by atoms with Crippen molar-refractivity contribution in [1.29, 1.82) is 0 Å². The average Bonchev–Trinajstić information content (AvgIpc) is 2.55. The van der Waals surface area contributed by atoms with E-state index in [0.717, 1.165) is 0 Å². The van der Waals surface area contributed by atoms with Gasteiger partial charge < -0.3 is 19.3 Å². The maximum atomic E-state index is 12.2. The summed E-state index contributed by atoms with van der Waals surface area (Å²) in [6.45, 7) is 1.11. The Morgan fingerprint density at radius 3 is 2.64 bits per heavy atom. The molecule has 2 rings (SSSR count). The molecule has 1 aromatic carbocycles. The molecule has 1 fully saturated rings. The Morgan fingerprint density at radius 1 is 1.36 bits per heavy atom. The highest BCUT2D eigenvalue weighted by atomic mass is 16.7. The summed E-state index contributed by atoms with van der Waals surface area (Å²) in [7, 11) is 1.51. The van der Waals surface area contributed by atoms with Gasteiger partial charge in [0.1, 0.15) is 0 Å². The molecule has 0 aromatic heterocycles. The number of esters is 1. The lowest BCUT2D eigenvalue weighted by Crippen LogP contribution is -2.55. The second-order valence-electron chi connectivity index (χ2n) is 5.27. The number of hydrogen-bond acceptors (Lipinski definition) is 6. The van der Waals surface area contributed by atoms with E-state index in [1.807, 2.05) is 0 Å². The van der Waals surface area contributed by atoms with Gasteiger partial charge in [-0.3, -0.25) is 4.79 Å². The topological polar surface area (TPSA) is 82.1 Å². The number of ether oxygens (including phenoxy) is 3. The molecule has 1 heterocycles. The van der Waals surface area contributed by atoms with Crippen LogP contribution in [0.1, 0.15) is 30.1 Å². The molecule has 120 valence electrons.